The molecule has 0 aliphatic heterocycles. The largest absolute Gasteiger partial charge is 0.498 e. The zero-order chi connectivity index (χ0) is 12.8. The van der Waals surface area contributed by atoms with E-state index in [1.54, 1.807) is 6.08 Å². The van der Waals surface area contributed by atoms with Gasteiger partial charge in [0.05, 0.1) is 12.4 Å². The Kier molecular flexibility index (Phi) is 6.04. The van der Waals surface area contributed by atoms with Crippen LogP contribution in [0.1, 0.15) is 33.6 Å². The maximum absolute atomic E-state index is 10.1. The van der Waals surface area contributed by atoms with Crippen molar-refractivity contribution in [1.29, 1.82) is 0 Å². The minimum atomic E-state index is -2.06. The summed E-state index contributed by atoms with van der Waals surface area (Å²) in [6.45, 7) is 14.5. The van der Waals surface area contributed by atoms with Crippen molar-refractivity contribution in [3.63, 3.8) is 0 Å². The van der Waals surface area contributed by atoms with E-state index >= 15 is 0 Å². The van der Waals surface area contributed by atoms with E-state index in [0.29, 0.717) is 6.61 Å². The predicted molar refractivity (Wildman–Crippen MR) is 72.9 cm³/mol. The van der Waals surface area contributed by atoms with E-state index in [-0.39, 0.29) is 5.04 Å². The Hall–Kier alpha value is -0.543. The second kappa shape index (κ2) is 6.26. The maximum Gasteiger partial charge on any atom is 0.188 e. The number of hydrogen-bond acceptors (Lipinski definition) is 2. The van der Waals surface area contributed by atoms with Gasteiger partial charge in [0.1, 0.15) is 0 Å². The van der Waals surface area contributed by atoms with Crippen molar-refractivity contribution in [2.45, 2.75) is 51.7 Å². The van der Waals surface area contributed by atoms with Crippen molar-refractivity contribution < 1.29 is 9.53 Å². The molecule has 3 heteroatoms. The van der Waals surface area contributed by atoms with Crippen molar-refractivity contribution in [3.8, 4) is 0 Å². The van der Waals surface area contributed by atoms with E-state index in [0.717, 1.165) is 18.6 Å². The molecule has 0 aromatic carbocycles. The van der Waals surface area contributed by atoms with Crippen LogP contribution < -0.4 is 0 Å². The number of rotatable bonds is 7. The third kappa shape index (κ3) is 5.52. The minimum Gasteiger partial charge on any atom is -0.498 e. The quantitative estimate of drug-likeness (QED) is 0.318. The first kappa shape index (κ1) is 15.5. The first-order valence-corrected chi connectivity index (χ1v) is 8.80. The van der Waals surface area contributed by atoms with Crippen LogP contribution in [-0.2, 0) is 4.74 Å². The summed E-state index contributed by atoms with van der Waals surface area (Å²) >= 11 is 0. The lowest BCUT2D eigenvalue weighted by Crippen LogP contribution is -2.39. The van der Waals surface area contributed by atoms with E-state index in [4.69, 9.17) is 4.74 Å². The van der Waals surface area contributed by atoms with Crippen LogP contribution in [0.25, 0.3) is 0 Å². The molecule has 0 aliphatic rings. The van der Waals surface area contributed by atoms with Crippen molar-refractivity contribution in [2.24, 2.45) is 0 Å². The zero-order valence-electron chi connectivity index (χ0n) is 11.3. The standard InChI is InChI=1S/C13H26O2Si/c1-7-9-12(2)15-11-8-10-13(3,4)16(5,6)14/h7,9,14H,1,8,10-11H2,2-6H3/b12-9+. The zero-order valence-corrected chi connectivity index (χ0v) is 12.3. The Bertz CT molecular complexity index is 249. The molecule has 0 rings (SSSR count). The topological polar surface area (TPSA) is 29.5 Å². The highest BCUT2D eigenvalue weighted by Crippen LogP contribution is 2.39. The molecule has 0 saturated carbocycles. The van der Waals surface area contributed by atoms with E-state index in [1.807, 2.05) is 26.1 Å². The van der Waals surface area contributed by atoms with Gasteiger partial charge in [-0.3, -0.25) is 0 Å². The number of ether oxygens (including phenoxy) is 1. The average molecular weight is 242 g/mol. The minimum absolute atomic E-state index is 0.0480. The SMILES string of the molecule is C=C/C=C(\C)OCCCC(C)(C)[Si](C)(C)O. The number of hydrogen-bond donors (Lipinski definition) is 1. The Balaban J connectivity index is 3.91. The third-order valence-electron chi connectivity index (χ3n) is 3.28. The van der Waals surface area contributed by atoms with Gasteiger partial charge in [-0.05, 0) is 44.0 Å². The van der Waals surface area contributed by atoms with Gasteiger partial charge in [-0.25, -0.2) is 0 Å². The first-order valence-electron chi connectivity index (χ1n) is 5.85. The highest BCUT2D eigenvalue weighted by molar-refractivity contribution is 6.72. The molecule has 0 unspecified atom stereocenters. The Labute approximate surface area is 101 Å². The second-order valence-corrected chi connectivity index (χ2v) is 9.88. The molecule has 94 valence electrons. The predicted octanol–water partition coefficient (Wildman–Crippen LogP) is 3.85. The third-order valence-corrected chi connectivity index (χ3v) is 6.85. The summed E-state index contributed by atoms with van der Waals surface area (Å²) in [6, 6.07) is 0. The molecule has 0 aromatic rings. The normalized spacial score (nSPS) is 13.8. The molecule has 0 fully saturated rings. The highest BCUT2D eigenvalue weighted by atomic mass is 28.4. The maximum atomic E-state index is 10.1. The molecule has 0 heterocycles. The molecule has 0 aliphatic carbocycles. The van der Waals surface area contributed by atoms with E-state index in [2.05, 4.69) is 20.4 Å². The lowest BCUT2D eigenvalue weighted by atomic mass is 10.1. The average Bonchev–Trinajstić information content (AvgIpc) is 2.11. The summed E-state index contributed by atoms with van der Waals surface area (Å²) in [4.78, 5) is 10.1. The monoisotopic (exact) mass is 242 g/mol. The van der Waals surface area contributed by atoms with Crippen LogP contribution in [0.2, 0.25) is 18.1 Å². The molecular formula is C13H26O2Si. The second-order valence-electron chi connectivity index (χ2n) is 5.41. The molecule has 0 bridgehead atoms. The Morgan fingerprint density at radius 1 is 1.44 bits per heavy atom. The van der Waals surface area contributed by atoms with Gasteiger partial charge in [0.15, 0.2) is 8.32 Å². The molecule has 0 amide bonds. The molecule has 0 saturated heterocycles. The van der Waals surface area contributed by atoms with Crippen molar-refractivity contribution in [1.82, 2.24) is 0 Å². The summed E-state index contributed by atoms with van der Waals surface area (Å²) in [6.07, 6.45) is 5.56. The molecule has 0 aromatic heterocycles. The van der Waals surface area contributed by atoms with Gasteiger partial charge in [0.2, 0.25) is 0 Å². The van der Waals surface area contributed by atoms with Crippen molar-refractivity contribution >= 4 is 8.32 Å². The van der Waals surface area contributed by atoms with E-state index in [1.165, 1.54) is 0 Å². The fraction of sp³-hybridized carbons (Fsp3) is 0.692. The molecule has 2 nitrogen and oxygen atoms in total. The van der Waals surface area contributed by atoms with Crippen LogP contribution in [0.5, 0.6) is 0 Å². The summed E-state index contributed by atoms with van der Waals surface area (Å²) < 4.78 is 5.51. The van der Waals surface area contributed by atoms with Gasteiger partial charge in [-0.15, -0.1) is 0 Å². The lowest BCUT2D eigenvalue weighted by Gasteiger charge is -2.35. The fourth-order valence-electron chi connectivity index (χ4n) is 1.27. The summed E-state index contributed by atoms with van der Waals surface area (Å²) in [5.41, 5.74) is 0. The smallest absolute Gasteiger partial charge is 0.188 e. The van der Waals surface area contributed by atoms with Crippen molar-refractivity contribution in [2.75, 3.05) is 6.61 Å². The van der Waals surface area contributed by atoms with Gasteiger partial charge in [-0.1, -0.05) is 26.5 Å². The fourth-order valence-corrected chi connectivity index (χ4v) is 2.06. The summed E-state index contributed by atoms with van der Waals surface area (Å²) in [7, 11) is -2.06. The summed E-state index contributed by atoms with van der Waals surface area (Å²) in [5.74, 6) is 0.897. The van der Waals surface area contributed by atoms with Crippen LogP contribution in [0.4, 0.5) is 0 Å². The van der Waals surface area contributed by atoms with Crippen LogP contribution in [-0.4, -0.2) is 19.7 Å². The molecule has 16 heavy (non-hydrogen) atoms. The Morgan fingerprint density at radius 2 is 2.00 bits per heavy atom. The Morgan fingerprint density at radius 3 is 2.44 bits per heavy atom. The van der Waals surface area contributed by atoms with Gasteiger partial charge >= 0.3 is 0 Å². The van der Waals surface area contributed by atoms with Crippen molar-refractivity contribution in [3.05, 3.63) is 24.5 Å². The van der Waals surface area contributed by atoms with Gasteiger partial charge < -0.3 is 9.53 Å². The molecule has 0 spiro atoms. The molecule has 0 atom stereocenters. The van der Waals surface area contributed by atoms with Gasteiger partial charge in [-0.2, -0.15) is 0 Å². The van der Waals surface area contributed by atoms with Crippen LogP contribution in [0.3, 0.4) is 0 Å². The van der Waals surface area contributed by atoms with Gasteiger partial charge in [0, 0.05) is 0 Å². The van der Waals surface area contributed by atoms with Crippen LogP contribution >= 0.6 is 0 Å². The molecule has 1 N–H and O–H groups in total. The number of allylic oxidation sites excluding steroid dienone is 3. The molecular weight excluding hydrogens is 216 g/mol. The van der Waals surface area contributed by atoms with Gasteiger partial charge in [0.25, 0.3) is 0 Å². The molecule has 0 radical (unpaired) electrons. The first-order chi connectivity index (χ1) is 7.20. The van der Waals surface area contributed by atoms with Crippen LogP contribution in [0, 0.1) is 0 Å². The summed E-state index contributed by atoms with van der Waals surface area (Å²) in [5, 5.41) is 0.0480. The lowest BCUT2D eigenvalue weighted by molar-refractivity contribution is 0.203. The highest BCUT2D eigenvalue weighted by Gasteiger charge is 2.37. The van der Waals surface area contributed by atoms with E-state index in [9.17, 15) is 4.80 Å². The van der Waals surface area contributed by atoms with Crippen LogP contribution in [0.15, 0.2) is 24.5 Å². The van der Waals surface area contributed by atoms with E-state index < -0.39 is 8.32 Å².